The first-order valence-corrected chi connectivity index (χ1v) is 10.6. The molecule has 1 aliphatic heterocycles. The van der Waals surface area contributed by atoms with Crippen LogP contribution in [0.2, 0.25) is 0 Å². The number of carbonyl (C=O) groups is 1. The molecule has 7 heteroatoms. The minimum absolute atomic E-state index is 0.149. The minimum Gasteiger partial charge on any atom is -0.345 e. The molecule has 2 aromatic rings. The highest BCUT2D eigenvalue weighted by atomic mass is 79.9. The van der Waals surface area contributed by atoms with Gasteiger partial charge in [0.15, 0.2) is 0 Å². The fraction of sp³-hybridized carbons (Fsp3) is 0.278. The van der Waals surface area contributed by atoms with E-state index in [-0.39, 0.29) is 11.9 Å². The molecule has 0 bridgehead atoms. The van der Waals surface area contributed by atoms with E-state index in [4.69, 9.17) is 0 Å². The van der Waals surface area contributed by atoms with Gasteiger partial charge in [-0.3, -0.25) is 9.10 Å². The van der Waals surface area contributed by atoms with E-state index >= 15 is 0 Å². The SMILES string of the molecule is CC(NC(=O)c1ccc2c(c1)CCN2S(C)(=O)=O)c1ccccc1Br. The van der Waals surface area contributed by atoms with Gasteiger partial charge in [-0.05, 0) is 48.7 Å². The number of halogens is 1. The second-order valence-corrected chi connectivity index (χ2v) is 8.91. The molecule has 2 aromatic carbocycles. The van der Waals surface area contributed by atoms with E-state index < -0.39 is 10.0 Å². The van der Waals surface area contributed by atoms with Crippen LogP contribution in [0.5, 0.6) is 0 Å². The van der Waals surface area contributed by atoms with Crippen LogP contribution in [0.15, 0.2) is 46.9 Å². The first kappa shape index (κ1) is 17.9. The normalized spacial score (nSPS) is 14.9. The first-order valence-electron chi connectivity index (χ1n) is 7.93. The Morgan fingerprint density at radius 3 is 2.64 bits per heavy atom. The van der Waals surface area contributed by atoms with Crippen molar-refractivity contribution in [2.24, 2.45) is 0 Å². The van der Waals surface area contributed by atoms with E-state index in [1.54, 1.807) is 18.2 Å². The van der Waals surface area contributed by atoms with Crippen LogP contribution >= 0.6 is 15.9 Å². The lowest BCUT2D eigenvalue weighted by Crippen LogP contribution is -2.28. The molecule has 0 aromatic heterocycles. The van der Waals surface area contributed by atoms with Gasteiger partial charge in [-0.1, -0.05) is 34.1 Å². The van der Waals surface area contributed by atoms with Crippen LogP contribution in [-0.2, 0) is 16.4 Å². The molecule has 0 aliphatic carbocycles. The Hall–Kier alpha value is -1.86. The minimum atomic E-state index is -3.28. The maximum Gasteiger partial charge on any atom is 0.251 e. The third kappa shape index (κ3) is 3.72. The smallest absolute Gasteiger partial charge is 0.251 e. The lowest BCUT2D eigenvalue weighted by atomic mass is 10.1. The molecule has 0 saturated carbocycles. The maximum absolute atomic E-state index is 12.6. The van der Waals surface area contributed by atoms with Gasteiger partial charge in [-0.2, -0.15) is 0 Å². The topological polar surface area (TPSA) is 66.5 Å². The predicted octanol–water partition coefficient (Wildman–Crippen LogP) is 3.26. The average Bonchev–Trinajstić information content (AvgIpc) is 2.98. The number of amides is 1. The van der Waals surface area contributed by atoms with E-state index in [9.17, 15) is 13.2 Å². The number of anilines is 1. The van der Waals surface area contributed by atoms with E-state index in [2.05, 4.69) is 21.2 Å². The summed E-state index contributed by atoms with van der Waals surface area (Å²) in [7, 11) is -3.28. The van der Waals surface area contributed by atoms with Crippen LogP contribution in [-0.4, -0.2) is 27.1 Å². The molecule has 0 fully saturated rings. The predicted molar refractivity (Wildman–Crippen MR) is 102 cm³/mol. The second kappa shape index (κ2) is 6.80. The summed E-state index contributed by atoms with van der Waals surface area (Å²) >= 11 is 3.50. The third-order valence-electron chi connectivity index (χ3n) is 4.31. The monoisotopic (exact) mass is 422 g/mol. The van der Waals surface area contributed by atoms with Crippen molar-refractivity contribution in [3.05, 3.63) is 63.6 Å². The van der Waals surface area contributed by atoms with E-state index in [1.807, 2.05) is 31.2 Å². The molecule has 0 radical (unpaired) electrons. The number of benzene rings is 2. The van der Waals surface area contributed by atoms with Crippen molar-refractivity contribution in [3.8, 4) is 0 Å². The summed E-state index contributed by atoms with van der Waals surface area (Å²) in [6.45, 7) is 2.35. The molecule has 25 heavy (non-hydrogen) atoms. The molecule has 1 atom stereocenters. The lowest BCUT2D eigenvalue weighted by Gasteiger charge is -2.18. The van der Waals surface area contributed by atoms with Crippen LogP contribution in [0.1, 0.15) is 34.5 Å². The van der Waals surface area contributed by atoms with Gasteiger partial charge in [-0.25, -0.2) is 8.42 Å². The van der Waals surface area contributed by atoms with Gasteiger partial charge in [0.25, 0.3) is 5.91 Å². The molecule has 0 spiro atoms. The third-order valence-corrected chi connectivity index (χ3v) is 6.22. The summed E-state index contributed by atoms with van der Waals surface area (Å²) in [5, 5.41) is 2.99. The van der Waals surface area contributed by atoms with Gasteiger partial charge < -0.3 is 5.32 Å². The zero-order chi connectivity index (χ0) is 18.2. The Kier molecular flexibility index (Phi) is 4.88. The molecular formula is C18H19BrN2O3S. The van der Waals surface area contributed by atoms with Crippen LogP contribution in [0.3, 0.4) is 0 Å². The summed E-state index contributed by atoms with van der Waals surface area (Å²) < 4.78 is 25.9. The van der Waals surface area contributed by atoms with E-state index in [1.165, 1.54) is 10.6 Å². The fourth-order valence-corrected chi connectivity index (χ4v) is 4.63. The Morgan fingerprint density at radius 1 is 1.24 bits per heavy atom. The molecule has 132 valence electrons. The molecule has 1 heterocycles. The van der Waals surface area contributed by atoms with Crippen LogP contribution in [0, 0.1) is 0 Å². The zero-order valence-electron chi connectivity index (χ0n) is 14.0. The zero-order valence-corrected chi connectivity index (χ0v) is 16.4. The van der Waals surface area contributed by atoms with Crippen LogP contribution in [0.4, 0.5) is 5.69 Å². The number of sulfonamides is 1. The molecule has 0 saturated heterocycles. The molecule has 1 aliphatic rings. The van der Waals surface area contributed by atoms with Gasteiger partial charge in [0, 0.05) is 16.6 Å². The number of rotatable bonds is 4. The van der Waals surface area contributed by atoms with Gasteiger partial charge in [0.05, 0.1) is 18.0 Å². The highest BCUT2D eigenvalue weighted by Crippen LogP contribution is 2.31. The average molecular weight is 423 g/mol. The number of carbonyl (C=O) groups excluding carboxylic acids is 1. The van der Waals surface area contributed by atoms with Gasteiger partial charge >= 0.3 is 0 Å². The van der Waals surface area contributed by atoms with Gasteiger partial charge in [0.2, 0.25) is 10.0 Å². The Balaban J connectivity index is 1.79. The highest BCUT2D eigenvalue weighted by Gasteiger charge is 2.27. The van der Waals surface area contributed by atoms with Crippen molar-refractivity contribution in [3.63, 3.8) is 0 Å². The van der Waals surface area contributed by atoms with Crippen molar-refractivity contribution in [1.29, 1.82) is 0 Å². The van der Waals surface area contributed by atoms with Crippen molar-refractivity contribution in [2.45, 2.75) is 19.4 Å². The summed E-state index contributed by atoms with van der Waals surface area (Å²) in [6.07, 6.45) is 1.81. The Morgan fingerprint density at radius 2 is 1.96 bits per heavy atom. The summed E-state index contributed by atoms with van der Waals surface area (Å²) in [4.78, 5) is 12.6. The number of nitrogens with zero attached hydrogens (tertiary/aromatic N) is 1. The first-order chi connectivity index (χ1) is 11.8. The standard InChI is InChI=1S/C18H19BrN2O3S/c1-12(15-5-3-4-6-16(15)19)20-18(22)14-7-8-17-13(11-14)9-10-21(17)25(2,23)24/h3-8,11-12H,9-10H2,1-2H3,(H,20,22). The molecular weight excluding hydrogens is 404 g/mol. The van der Waals surface area contributed by atoms with Crippen molar-refractivity contribution in [1.82, 2.24) is 5.32 Å². The fourth-order valence-electron chi connectivity index (χ4n) is 3.04. The Labute approximate surface area is 156 Å². The molecule has 3 rings (SSSR count). The molecule has 1 unspecified atom stereocenters. The van der Waals surface area contributed by atoms with Crippen LogP contribution < -0.4 is 9.62 Å². The van der Waals surface area contributed by atoms with Gasteiger partial charge in [0.1, 0.15) is 0 Å². The lowest BCUT2D eigenvalue weighted by molar-refractivity contribution is 0.0939. The number of nitrogens with one attached hydrogen (secondary N) is 1. The molecule has 1 amide bonds. The quantitative estimate of drug-likeness (QED) is 0.821. The summed E-state index contributed by atoms with van der Waals surface area (Å²) in [6, 6.07) is 12.8. The molecule has 5 nitrogen and oxygen atoms in total. The van der Waals surface area contributed by atoms with Gasteiger partial charge in [-0.15, -0.1) is 0 Å². The highest BCUT2D eigenvalue weighted by molar-refractivity contribution is 9.10. The van der Waals surface area contributed by atoms with E-state index in [0.29, 0.717) is 24.2 Å². The number of fused-ring (bicyclic) bond motifs is 1. The van der Waals surface area contributed by atoms with Crippen LogP contribution in [0.25, 0.3) is 0 Å². The second-order valence-electron chi connectivity index (χ2n) is 6.15. The van der Waals surface area contributed by atoms with Crippen molar-refractivity contribution in [2.75, 3.05) is 17.1 Å². The maximum atomic E-state index is 12.6. The largest absolute Gasteiger partial charge is 0.345 e. The van der Waals surface area contributed by atoms with Crippen molar-refractivity contribution < 1.29 is 13.2 Å². The Bertz CT molecular complexity index is 928. The summed E-state index contributed by atoms with van der Waals surface area (Å²) in [5.74, 6) is -0.177. The number of hydrogen-bond acceptors (Lipinski definition) is 3. The summed E-state index contributed by atoms with van der Waals surface area (Å²) in [5.41, 5.74) is 3.08. The van der Waals surface area contributed by atoms with E-state index in [0.717, 1.165) is 15.6 Å². The number of hydrogen-bond donors (Lipinski definition) is 1. The van der Waals surface area contributed by atoms with Crippen molar-refractivity contribution >= 4 is 37.5 Å². The molecule has 1 N–H and O–H groups in total.